The second-order valence-corrected chi connectivity index (χ2v) is 16.6. The lowest BCUT2D eigenvalue weighted by Crippen LogP contribution is -2.66. The highest BCUT2D eigenvalue weighted by Gasteiger charge is 2.72. The first kappa shape index (κ1) is 39.4. The van der Waals surface area contributed by atoms with Crippen LogP contribution in [0.25, 0.3) is 0 Å². The molecule has 56 heavy (non-hydrogen) atoms. The Hall–Kier alpha value is -4.88. The van der Waals surface area contributed by atoms with E-state index in [0.29, 0.717) is 33.4 Å². The van der Waals surface area contributed by atoms with Gasteiger partial charge in [0.05, 0.1) is 0 Å². The quantitative estimate of drug-likeness (QED) is 0.130. The van der Waals surface area contributed by atoms with E-state index in [-0.39, 0.29) is 6.42 Å². The first-order valence-electron chi connectivity index (χ1n) is 19.5. The summed E-state index contributed by atoms with van der Waals surface area (Å²) < 4.78 is 14.6. The molecule has 3 N–H and O–H groups in total. The molecule has 1 fully saturated rings. The van der Waals surface area contributed by atoms with Gasteiger partial charge in [-0.2, -0.15) is 0 Å². The predicted octanol–water partition coefficient (Wildman–Crippen LogP) is 9.93. The molecule has 5 heteroatoms. The van der Waals surface area contributed by atoms with Crippen molar-refractivity contribution < 1.29 is 24.8 Å². The van der Waals surface area contributed by atoms with Crippen LogP contribution >= 0.6 is 0 Å². The number of hydrogen-bond acceptors (Lipinski definition) is 5. The van der Waals surface area contributed by atoms with Gasteiger partial charge in [0.15, 0.2) is 5.79 Å². The summed E-state index contributed by atoms with van der Waals surface area (Å²) in [6.45, 7) is 15.7. The van der Waals surface area contributed by atoms with E-state index < -0.39 is 34.3 Å². The zero-order chi connectivity index (χ0) is 40.1. The molecule has 0 radical (unpaired) electrons. The van der Waals surface area contributed by atoms with Gasteiger partial charge >= 0.3 is 0 Å². The molecule has 5 nitrogen and oxygen atoms in total. The highest BCUT2D eigenvalue weighted by atomic mass is 16.8. The average Bonchev–Trinajstić information content (AvgIpc) is 3.46. The smallest absolute Gasteiger partial charge is 0.164 e. The maximum atomic E-state index is 14.4. The van der Waals surface area contributed by atoms with E-state index >= 15 is 0 Å². The van der Waals surface area contributed by atoms with E-state index in [1.807, 2.05) is 201 Å². The summed E-state index contributed by atoms with van der Waals surface area (Å²) in [5, 5.41) is 42.1. The fourth-order valence-corrected chi connectivity index (χ4v) is 8.58. The van der Waals surface area contributed by atoms with Crippen molar-refractivity contribution in [2.45, 2.75) is 96.1 Å². The molecule has 6 aromatic rings. The van der Waals surface area contributed by atoms with Crippen LogP contribution in [-0.4, -0.2) is 32.8 Å². The Morgan fingerprint density at radius 1 is 0.429 bits per heavy atom. The number of rotatable bonds is 10. The Morgan fingerprint density at radius 2 is 0.696 bits per heavy atom. The third kappa shape index (κ3) is 6.82. The molecule has 0 bridgehead atoms. The molecule has 0 saturated carbocycles. The van der Waals surface area contributed by atoms with Crippen molar-refractivity contribution >= 4 is 0 Å². The van der Waals surface area contributed by atoms with Crippen molar-refractivity contribution in [1.82, 2.24) is 0 Å². The maximum absolute atomic E-state index is 14.4. The van der Waals surface area contributed by atoms with Crippen LogP contribution in [0, 0.1) is 41.5 Å². The third-order valence-corrected chi connectivity index (χ3v) is 11.7. The average molecular weight is 747 g/mol. The predicted molar refractivity (Wildman–Crippen MR) is 223 cm³/mol. The van der Waals surface area contributed by atoms with Gasteiger partial charge in [-0.3, -0.25) is 0 Å². The summed E-state index contributed by atoms with van der Waals surface area (Å²) in [4.78, 5) is 0. The number of aryl methyl sites for hydroxylation is 6. The van der Waals surface area contributed by atoms with Gasteiger partial charge in [-0.05, 0) is 88.8 Å². The van der Waals surface area contributed by atoms with Crippen molar-refractivity contribution in [2.75, 3.05) is 0 Å². The van der Waals surface area contributed by atoms with Crippen LogP contribution in [0.5, 0.6) is 0 Å². The van der Waals surface area contributed by atoms with Crippen molar-refractivity contribution in [2.24, 2.45) is 0 Å². The first-order chi connectivity index (χ1) is 26.5. The molecule has 0 aliphatic carbocycles. The Kier molecular flexibility index (Phi) is 10.2. The first-order valence-corrected chi connectivity index (χ1v) is 19.5. The van der Waals surface area contributed by atoms with E-state index in [9.17, 15) is 15.3 Å². The maximum Gasteiger partial charge on any atom is 0.164 e. The Morgan fingerprint density at radius 3 is 1.00 bits per heavy atom. The van der Waals surface area contributed by atoms with Crippen LogP contribution in [-0.2, 0) is 26.3 Å². The third-order valence-electron chi connectivity index (χ3n) is 11.7. The molecule has 288 valence electrons. The molecular weight excluding hydrogens is 693 g/mol. The highest BCUT2D eigenvalue weighted by Crippen LogP contribution is 2.61. The van der Waals surface area contributed by atoms with Gasteiger partial charge in [-0.25, -0.2) is 0 Å². The minimum absolute atomic E-state index is 0.224. The largest absolute Gasteiger partial charge is 0.380 e. The van der Waals surface area contributed by atoms with Gasteiger partial charge in [-0.1, -0.05) is 179 Å². The lowest BCUT2D eigenvalue weighted by molar-refractivity contribution is -0.226. The number of benzene rings is 6. The SMILES string of the molecule is Cc1ccc(C(O)(C[C@]2(C(O)(c3ccc(C)cc3)c3ccc(C)cc3)OC(C)(C)OC2C(O)(c2ccc(C)cc2)c2ccc(C)cc2)c2ccc(C)cc2)cc1. The Balaban J connectivity index is 1.65. The summed E-state index contributed by atoms with van der Waals surface area (Å²) in [5.74, 6) is -1.36. The van der Waals surface area contributed by atoms with E-state index in [1.165, 1.54) is 0 Å². The molecule has 6 aromatic carbocycles. The van der Waals surface area contributed by atoms with Gasteiger partial charge in [-0.15, -0.1) is 0 Å². The molecule has 7 rings (SSSR count). The minimum Gasteiger partial charge on any atom is -0.380 e. The molecule has 0 spiro atoms. The van der Waals surface area contributed by atoms with Gasteiger partial charge in [0.2, 0.25) is 0 Å². The second kappa shape index (κ2) is 14.6. The highest BCUT2D eigenvalue weighted by molar-refractivity contribution is 5.50. The molecule has 0 aromatic heterocycles. The summed E-state index contributed by atoms with van der Waals surface area (Å²) >= 11 is 0. The van der Waals surface area contributed by atoms with Crippen molar-refractivity contribution in [3.8, 4) is 0 Å². The van der Waals surface area contributed by atoms with Crippen LogP contribution in [0.2, 0.25) is 0 Å². The van der Waals surface area contributed by atoms with E-state index in [2.05, 4.69) is 0 Å². The molecular formula is C51H54O5. The monoisotopic (exact) mass is 746 g/mol. The van der Waals surface area contributed by atoms with Crippen LogP contribution in [0.1, 0.15) is 87.0 Å². The zero-order valence-electron chi connectivity index (χ0n) is 33.8. The van der Waals surface area contributed by atoms with E-state index in [0.717, 1.165) is 33.4 Å². The summed E-state index contributed by atoms with van der Waals surface area (Å²) in [6, 6.07) is 46.7. The fourth-order valence-electron chi connectivity index (χ4n) is 8.58. The number of hydrogen-bond donors (Lipinski definition) is 3. The minimum atomic E-state index is -2.03. The molecule has 1 aliphatic rings. The molecule has 1 saturated heterocycles. The van der Waals surface area contributed by atoms with Crippen molar-refractivity contribution in [3.05, 3.63) is 212 Å². The van der Waals surface area contributed by atoms with Crippen molar-refractivity contribution in [1.29, 1.82) is 0 Å². The van der Waals surface area contributed by atoms with Gasteiger partial charge in [0.1, 0.15) is 28.5 Å². The zero-order valence-corrected chi connectivity index (χ0v) is 33.8. The fraction of sp³-hybridized carbons (Fsp3) is 0.294. The molecule has 1 heterocycles. The lowest BCUT2D eigenvalue weighted by Gasteiger charge is -2.53. The van der Waals surface area contributed by atoms with E-state index in [1.54, 1.807) is 0 Å². The standard InChI is InChI=1S/C51H54O5/c1-34-9-21-40(22-10-34)48(52,41-23-11-35(2)12-24-41)33-49(51(54,44-29-17-38(5)18-30-44)45-31-19-39(6)20-32-45)46(55-47(7,8)56-49)50(53,42-25-13-36(3)14-26-42)43-27-15-37(4)16-28-43/h9-32,46,52-54H,33H2,1-8H3/t46?,49-/m0/s1. The number of aliphatic hydroxyl groups is 3. The van der Waals surface area contributed by atoms with Crippen LogP contribution in [0.15, 0.2) is 146 Å². The van der Waals surface area contributed by atoms with Crippen LogP contribution < -0.4 is 0 Å². The second-order valence-electron chi connectivity index (χ2n) is 16.6. The molecule has 1 unspecified atom stereocenters. The van der Waals surface area contributed by atoms with Crippen LogP contribution in [0.4, 0.5) is 0 Å². The normalized spacial score (nSPS) is 18.6. The Bertz CT molecular complexity index is 2130. The summed E-state index contributed by atoms with van der Waals surface area (Å²) in [7, 11) is 0. The van der Waals surface area contributed by atoms with E-state index in [4.69, 9.17) is 9.47 Å². The Labute approximate surface area is 332 Å². The molecule has 2 atom stereocenters. The van der Waals surface area contributed by atoms with Gasteiger partial charge < -0.3 is 24.8 Å². The summed E-state index contributed by atoms with van der Waals surface area (Å²) in [6.07, 6.45) is -1.54. The van der Waals surface area contributed by atoms with Gasteiger partial charge in [0, 0.05) is 6.42 Å². The van der Waals surface area contributed by atoms with Crippen molar-refractivity contribution in [3.63, 3.8) is 0 Å². The topological polar surface area (TPSA) is 79.2 Å². The van der Waals surface area contributed by atoms with Crippen LogP contribution in [0.3, 0.4) is 0 Å². The summed E-state index contributed by atoms with van der Waals surface area (Å²) in [5.41, 5.74) is 1.96. The lowest BCUT2D eigenvalue weighted by atomic mass is 9.59. The molecule has 1 aliphatic heterocycles. The number of ether oxygens (including phenoxy) is 2. The van der Waals surface area contributed by atoms with Gasteiger partial charge in [0.25, 0.3) is 0 Å². The molecule has 0 amide bonds.